The zero-order chi connectivity index (χ0) is 28.4. The standard InChI is InChI=1S/C34H52O6/c1-18-20-8-11-33(5)21-9-13-34(30(38)29-26(37)28-27(40-28)24(17-35)39-29)15-14-31(2,3)16-22(34)19(21)6-7-25(33)32(20,4)12-10-23(18)36/h6,18,20-22,24-30,35,37-38H,7-17H2,1-5H3. The minimum atomic E-state index is -0.862. The summed E-state index contributed by atoms with van der Waals surface area (Å²) in [5, 5.41) is 33.3. The lowest BCUT2D eigenvalue weighted by Crippen LogP contribution is -2.63. The maximum Gasteiger partial charge on any atom is 0.136 e. The molecule has 0 aromatic rings. The highest BCUT2D eigenvalue weighted by atomic mass is 16.7. The van der Waals surface area contributed by atoms with Gasteiger partial charge in [0.2, 0.25) is 0 Å². The highest BCUT2D eigenvalue weighted by molar-refractivity contribution is 5.82. The molecular formula is C34H52O6. The Kier molecular flexibility index (Phi) is 6.38. The lowest BCUT2D eigenvalue weighted by molar-refractivity contribution is -0.210. The van der Waals surface area contributed by atoms with Crippen molar-refractivity contribution in [2.45, 2.75) is 135 Å². The predicted molar refractivity (Wildman–Crippen MR) is 151 cm³/mol. The monoisotopic (exact) mass is 556 g/mol. The minimum Gasteiger partial charge on any atom is -0.394 e. The van der Waals surface area contributed by atoms with Gasteiger partial charge in [-0.15, -0.1) is 0 Å². The van der Waals surface area contributed by atoms with Gasteiger partial charge in [-0.1, -0.05) is 46.3 Å². The Balaban J connectivity index is 1.24. The summed E-state index contributed by atoms with van der Waals surface area (Å²) in [4.78, 5) is 12.7. The van der Waals surface area contributed by atoms with E-state index in [2.05, 4.69) is 40.7 Å². The number of fused-ring (bicyclic) bond motifs is 8. The summed E-state index contributed by atoms with van der Waals surface area (Å²) < 4.78 is 11.9. The van der Waals surface area contributed by atoms with Gasteiger partial charge in [-0.05, 0) is 97.7 Å². The van der Waals surface area contributed by atoms with Crippen LogP contribution < -0.4 is 0 Å². The van der Waals surface area contributed by atoms with Gasteiger partial charge in [0.1, 0.15) is 36.3 Å². The van der Waals surface area contributed by atoms with E-state index in [4.69, 9.17) is 9.47 Å². The molecule has 3 N–H and O–H groups in total. The molecule has 40 heavy (non-hydrogen) atoms. The maximum absolute atomic E-state index is 12.7. The van der Waals surface area contributed by atoms with Crippen molar-refractivity contribution in [3.05, 3.63) is 11.6 Å². The molecule has 0 radical (unpaired) electrons. The largest absolute Gasteiger partial charge is 0.394 e. The fourth-order valence-electron chi connectivity index (χ4n) is 11.9. The van der Waals surface area contributed by atoms with E-state index in [-0.39, 0.29) is 52.3 Å². The molecule has 6 nitrogen and oxygen atoms in total. The number of ketones is 1. The van der Waals surface area contributed by atoms with E-state index in [1.165, 1.54) is 6.42 Å². The molecule has 2 heterocycles. The molecule has 224 valence electrons. The smallest absolute Gasteiger partial charge is 0.136 e. The fourth-order valence-corrected chi connectivity index (χ4v) is 11.9. The molecule has 0 bridgehead atoms. The van der Waals surface area contributed by atoms with Gasteiger partial charge in [-0.2, -0.15) is 0 Å². The first-order valence-electron chi connectivity index (χ1n) is 16.4. The molecule has 4 saturated carbocycles. The van der Waals surface area contributed by atoms with E-state index in [1.807, 2.05) is 0 Å². The normalized spacial score (nSPS) is 55.5. The van der Waals surface area contributed by atoms with Gasteiger partial charge in [0.05, 0.1) is 12.7 Å². The molecule has 2 aliphatic heterocycles. The number of hydrogen-bond acceptors (Lipinski definition) is 6. The fraction of sp³-hybridized carbons (Fsp3) is 0.912. The van der Waals surface area contributed by atoms with Crippen LogP contribution in [-0.4, -0.2) is 64.3 Å². The molecule has 14 unspecified atom stereocenters. The van der Waals surface area contributed by atoms with Crippen molar-refractivity contribution in [2.24, 2.45) is 51.2 Å². The van der Waals surface area contributed by atoms with Crippen molar-refractivity contribution >= 4 is 5.78 Å². The van der Waals surface area contributed by atoms with Crippen LogP contribution in [0.4, 0.5) is 0 Å². The first-order chi connectivity index (χ1) is 18.9. The van der Waals surface area contributed by atoms with Crippen LogP contribution >= 0.6 is 0 Å². The van der Waals surface area contributed by atoms with Crippen LogP contribution in [-0.2, 0) is 14.3 Å². The molecule has 5 aliphatic carbocycles. The molecule has 6 fully saturated rings. The topological polar surface area (TPSA) is 99.5 Å². The summed E-state index contributed by atoms with van der Waals surface area (Å²) in [6.07, 6.45) is 9.34. The van der Waals surface area contributed by atoms with E-state index in [0.717, 1.165) is 57.8 Å². The number of allylic oxidation sites excluding steroid dienone is 2. The van der Waals surface area contributed by atoms with Crippen LogP contribution in [0.15, 0.2) is 11.6 Å². The SMILES string of the molecule is CC1C(=O)CCC2(C)C1CCC1(C)C3CCC4(C(O)C5OC(CO)C6OC6C5O)CCC(C)(C)CC4C3=CCC12. The Morgan fingerprint density at radius 2 is 1.75 bits per heavy atom. The molecule has 0 spiro atoms. The molecule has 2 saturated heterocycles. The quantitative estimate of drug-likeness (QED) is 0.340. The van der Waals surface area contributed by atoms with Gasteiger partial charge in [-0.3, -0.25) is 4.79 Å². The summed E-state index contributed by atoms with van der Waals surface area (Å²) in [5.41, 5.74) is 1.86. The Morgan fingerprint density at radius 3 is 2.50 bits per heavy atom. The van der Waals surface area contributed by atoms with Gasteiger partial charge in [0, 0.05) is 17.8 Å². The Hall–Kier alpha value is -0.790. The van der Waals surface area contributed by atoms with Crippen molar-refractivity contribution < 1.29 is 29.6 Å². The number of epoxide rings is 1. The van der Waals surface area contributed by atoms with Crippen LogP contribution in [0.3, 0.4) is 0 Å². The number of hydrogen-bond donors (Lipinski definition) is 3. The number of rotatable bonds is 3. The van der Waals surface area contributed by atoms with E-state index >= 15 is 0 Å². The van der Waals surface area contributed by atoms with Gasteiger partial charge in [0.25, 0.3) is 0 Å². The van der Waals surface area contributed by atoms with Crippen molar-refractivity contribution in [3.8, 4) is 0 Å². The van der Waals surface area contributed by atoms with Crippen molar-refractivity contribution in [3.63, 3.8) is 0 Å². The molecule has 6 heteroatoms. The van der Waals surface area contributed by atoms with Gasteiger partial charge in [0.15, 0.2) is 0 Å². The van der Waals surface area contributed by atoms with Gasteiger partial charge in [-0.25, -0.2) is 0 Å². The Bertz CT molecular complexity index is 1080. The number of carbonyl (C=O) groups excluding carboxylic acids is 1. The molecule has 0 aromatic heterocycles. The highest BCUT2D eigenvalue weighted by Crippen LogP contribution is 2.71. The third kappa shape index (κ3) is 3.74. The first-order valence-corrected chi connectivity index (χ1v) is 16.4. The predicted octanol–water partition coefficient (Wildman–Crippen LogP) is 4.83. The molecule has 7 rings (SSSR count). The second-order valence-corrected chi connectivity index (χ2v) is 16.5. The van der Waals surface area contributed by atoms with E-state index < -0.39 is 24.4 Å². The first kappa shape index (κ1) is 28.0. The summed E-state index contributed by atoms with van der Waals surface area (Å²) in [6.45, 7) is 11.9. The van der Waals surface area contributed by atoms with Crippen molar-refractivity contribution in [1.82, 2.24) is 0 Å². The molecule has 0 aromatic carbocycles. The zero-order valence-corrected chi connectivity index (χ0v) is 25.3. The molecule has 0 amide bonds. The van der Waals surface area contributed by atoms with Crippen LogP contribution in [0.5, 0.6) is 0 Å². The van der Waals surface area contributed by atoms with Crippen molar-refractivity contribution in [1.29, 1.82) is 0 Å². The van der Waals surface area contributed by atoms with E-state index in [1.54, 1.807) is 5.57 Å². The zero-order valence-electron chi connectivity index (χ0n) is 25.3. The number of Topliss-reactive ketones (excluding diaryl/α,β-unsaturated/α-hetero) is 1. The van der Waals surface area contributed by atoms with Crippen LogP contribution in [0.1, 0.15) is 98.8 Å². The van der Waals surface area contributed by atoms with E-state index in [9.17, 15) is 20.1 Å². The summed E-state index contributed by atoms with van der Waals surface area (Å²) in [6, 6.07) is 0. The van der Waals surface area contributed by atoms with Gasteiger partial charge < -0.3 is 24.8 Å². The second kappa shape index (κ2) is 9.11. The van der Waals surface area contributed by atoms with E-state index in [0.29, 0.717) is 23.5 Å². The second-order valence-electron chi connectivity index (χ2n) is 16.5. The maximum atomic E-state index is 12.7. The third-order valence-corrected chi connectivity index (χ3v) is 14.3. The van der Waals surface area contributed by atoms with Crippen molar-refractivity contribution in [2.75, 3.05) is 6.61 Å². The van der Waals surface area contributed by atoms with Gasteiger partial charge >= 0.3 is 0 Å². The lowest BCUT2D eigenvalue weighted by Gasteiger charge is -2.67. The summed E-state index contributed by atoms with van der Waals surface area (Å²) in [7, 11) is 0. The Labute approximate surface area is 240 Å². The average Bonchev–Trinajstić information content (AvgIpc) is 3.72. The molecular weight excluding hydrogens is 504 g/mol. The number of ether oxygens (including phenoxy) is 2. The number of aliphatic hydroxyl groups is 3. The average molecular weight is 557 g/mol. The lowest BCUT2D eigenvalue weighted by atomic mass is 9.38. The minimum absolute atomic E-state index is 0.155. The summed E-state index contributed by atoms with van der Waals surface area (Å²) >= 11 is 0. The van der Waals surface area contributed by atoms with Crippen LogP contribution in [0, 0.1) is 51.2 Å². The number of aliphatic hydroxyl groups excluding tert-OH is 3. The van der Waals surface area contributed by atoms with Crippen LogP contribution in [0.2, 0.25) is 0 Å². The third-order valence-electron chi connectivity index (χ3n) is 14.3. The van der Waals surface area contributed by atoms with Crippen LogP contribution in [0.25, 0.3) is 0 Å². The highest BCUT2D eigenvalue weighted by Gasteiger charge is 2.66. The Morgan fingerprint density at radius 1 is 0.975 bits per heavy atom. The molecule has 7 aliphatic rings. The number of carbonyl (C=O) groups is 1. The molecule has 14 atom stereocenters. The summed E-state index contributed by atoms with van der Waals surface area (Å²) in [5.74, 6) is 2.52.